The fourth-order valence-electron chi connectivity index (χ4n) is 3.35. The lowest BCUT2D eigenvalue weighted by Gasteiger charge is -2.15. The van der Waals surface area contributed by atoms with Gasteiger partial charge in [-0.1, -0.05) is 30.3 Å². The number of hydrogen-bond acceptors (Lipinski definition) is 5. The van der Waals surface area contributed by atoms with Gasteiger partial charge in [0.05, 0.1) is 13.2 Å². The molecule has 31 heavy (non-hydrogen) atoms. The third-order valence-electron chi connectivity index (χ3n) is 4.80. The van der Waals surface area contributed by atoms with Gasteiger partial charge in [-0.25, -0.2) is 4.79 Å². The highest BCUT2D eigenvalue weighted by atomic mass is 16.5. The van der Waals surface area contributed by atoms with Crippen molar-refractivity contribution < 1.29 is 23.9 Å². The van der Waals surface area contributed by atoms with Crippen LogP contribution in [0.15, 0.2) is 48.5 Å². The van der Waals surface area contributed by atoms with Crippen molar-refractivity contribution in [2.75, 3.05) is 25.1 Å². The van der Waals surface area contributed by atoms with Crippen molar-refractivity contribution in [3.8, 4) is 11.5 Å². The Kier molecular flexibility index (Phi) is 7.48. The number of urea groups is 1. The number of carbonyl (C=O) groups excluding carboxylic acids is 3. The molecule has 0 unspecified atom stereocenters. The van der Waals surface area contributed by atoms with Crippen LogP contribution in [0.4, 0.5) is 10.5 Å². The van der Waals surface area contributed by atoms with Crippen molar-refractivity contribution in [2.45, 2.75) is 32.7 Å². The van der Waals surface area contributed by atoms with E-state index in [1.807, 2.05) is 44.2 Å². The van der Waals surface area contributed by atoms with Crippen LogP contribution in [0, 0.1) is 0 Å². The van der Waals surface area contributed by atoms with Crippen LogP contribution < -0.4 is 20.1 Å². The molecule has 8 heteroatoms. The number of nitrogens with zero attached hydrogens (tertiary/aromatic N) is 1. The molecule has 3 rings (SSSR count). The maximum Gasteiger partial charge on any atom is 0.325 e. The average Bonchev–Trinajstić information content (AvgIpc) is 3.02. The summed E-state index contributed by atoms with van der Waals surface area (Å²) in [7, 11) is 0. The highest BCUT2D eigenvalue weighted by Crippen LogP contribution is 2.30. The Bertz CT molecular complexity index is 932. The molecular weight excluding hydrogens is 398 g/mol. The van der Waals surface area contributed by atoms with E-state index < -0.39 is 23.9 Å². The predicted octanol–water partition coefficient (Wildman–Crippen LogP) is 2.98. The number of imide groups is 1. The summed E-state index contributed by atoms with van der Waals surface area (Å²) < 4.78 is 11.1. The Morgan fingerprint density at radius 3 is 2.45 bits per heavy atom. The monoisotopic (exact) mass is 425 g/mol. The topological polar surface area (TPSA) is 97.0 Å². The zero-order chi connectivity index (χ0) is 22.2. The fourth-order valence-corrected chi connectivity index (χ4v) is 3.35. The third kappa shape index (κ3) is 5.75. The Morgan fingerprint density at radius 2 is 1.74 bits per heavy atom. The number of ether oxygens (including phenoxy) is 2. The molecule has 164 valence electrons. The molecule has 2 aromatic carbocycles. The number of rotatable bonds is 10. The lowest BCUT2D eigenvalue weighted by Crippen LogP contribution is -2.38. The van der Waals surface area contributed by atoms with Gasteiger partial charge < -0.3 is 20.1 Å². The van der Waals surface area contributed by atoms with Crippen LogP contribution in [0.5, 0.6) is 11.5 Å². The van der Waals surface area contributed by atoms with Gasteiger partial charge in [0.2, 0.25) is 5.91 Å². The lowest BCUT2D eigenvalue weighted by molar-refractivity contribution is -0.130. The Labute approximate surface area is 181 Å². The van der Waals surface area contributed by atoms with Gasteiger partial charge in [0.25, 0.3) is 5.91 Å². The minimum Gasteiger partial charge on any atom is -0.490 e. The number of aryl methyl sites for hydroxylation is 1. The molecule has 1 saturated heterocycles. The van der Waals surface area contributed by atoms with Gasteiger partial charge in [-0.05, 0) is 44.4 Å². The van der Waals surface area contributed by atoms with Crippen molar-refractivity contribution in [2.24, 2.45) is 0 Å². The molecule has 8 nitrogen and oxygen atoms in total. The van der Waals surface area contributed by atoms with Crippen LogP contribution in [-0.2, 0) is 16.0 Å². The number of hydrogen-bond donors (Lipinski definition) is 2. The zero-order valence-electron chi connectivity index (χ0n) is 17.7. The summed E-state index contributed by atoms with van der Waals surface area (Å²) in [6.45, 7) is 4.31. The van der Waals surface area contributed by atoms with Gasteiger partial charge in [-0.15, -0.1) is 0 Å². The Morgan fingerprint density at radius 1 is 1.03 bits per heavy atom. The first-order valence-corrected chi connectivity index (χ1v) is 10.4. The summed E-state index contributed by atoms with van der Waals surface area (Å²) in [6.07, 6.45) is 1.13. The minimum absolute atomic E-state index is 0.357. The van der Waals surface area contributed by atoms with Crippen LogP contribution in [0.25, 0.3) is 0 Å². The van der Waals surface area contributed by atoms with E-state index in [-0.39, 0.29) is 6.54 Å². The van der Waals surface area contributed by atoms with Crippen LogP contribution in [0.2, 0.25) is 0 Å². The maximum atomic E-state index is 12.6. The van der Waals surface area contributed by atoms with Crippen molar-refractivity contribution in [3.05, 3.63) is 54.1 Å². The smallest absolute Gasteiger partial charge is 0.325 e. The third-order valence-corrected chi connectivity index (χ3v) is 4.80. The number of amides is 4. The summed E-state index contributed by atoms with van der Waals surface area (Å²) in [4.78, 5) is 38.3. The van der Waals surface area contributed by atoms with Crippen LogP contribution >= 0.6 is 0 Å². The summed E-state index contributed by atoms with van der Waals surface area (Å²) >= 11 is 0. The second-order valence-electron chi connectivity index (χ2n) is 7.03. The first-order chi connectivity index (χ1) is 15.0. The van der Waals surface area contributed by atoms with Crippen molar-refractivity contribution in [1.29, 1.82) is 0 Å². The van der Waals surface area contributed by atoms with E-state index in [9.17, 15) is 14.4 Å². The van der Waals surface area contributed by atoms with Gasteiger partial charge >= 0.3 is 6.03 Å². The second-order valence-corrected chi connectivity index (χ2v) is 7.03. The molecule has 0 bridgehead atoms. The Hall–Kier alpha value is -3.55. The van der Waals surface area contributed by atoms with Gasteiger partial charge in [0, 0.05) is 11.8 Å². The highest BCUT2D eigenvalue weighted by molar-refractivity contribution is 6.07. The molecule has 1 fully saturated rings. The van der Waals surface area contributed by atoms with Crippen LogP contribution in [-0.4, -0.2) is 48.5 Å². The lowest BCUT2D eigenvalue weighted by atomic mass is 10.1. The van der Waals surface area contributed by atoms with Crippen molar-refractivity contribution >= 4 is 23.5 Å². The molecule has 2 N–H and O–H groups in total. The molecule has 2 aromatic rings. The summed E-state index contributed by atoms with van der Waals surface area (Å²) in [5.74, 6) is 0.229. The van der Waals surface area contributed by atoms with Crippen LogP contribution in [0.3, 0.4) is 0 Å². The number of anilines is 1. The fraction of sp³-hybridized carbons (Fsp3) is 0.348. The largest absolute Gasteiger partial charge is 0.490 e. The predicted molar refractivity (Wildman–Crippen MR) is 116 cm³/mol. The number of carbonyl (C=O) groups is 3. The molecule has 0 radical (unpaired) electrons. The average molecular weight is 425 g/mol. The zero-order valence-corrected chi connectivity index (χ0v) is 17.7. The van der Waals surface area contributed by atoms with Gasteiger partial charge in [-0.3, -0.25) is 14.5 Å². The van der Waals surface area contributed by atoms with E-state index in [0.717, 1.165) is 10.5 Å². The molecule has 0 aliphatic carbocycles. The number of nitrogens with one attached hydrogen (secondary N) is 2. The molecule has 4 amide bonds. The van der Waals surface area contributed by atoms with Crippen molar-refractivity contribution in [3.63, 3.8) is 0 Å². The van der Waals surface area contributed by atoms with E-state index in [0.29, 0.717) is 43.2 Å². The van der Waals surface area contributed by atoms with Gasteiger partial charge in [0.15, 0.2) is 11.5 Å². The van der Waals surface area contributed by atoms with E-state index in [4.69, 9.17) is 9.47 Å². The molecule has 0 aromatic heterocycles. The maximum absolute atomic E-state index is 12.6. The molecule has 1 aliphatic rings. The molecule has 1 aliphatic heterocycles. The second kappa shape index (κ2) is 10.5. The molecule has 1 atom stereocenters. The van der Waals surface area contributed by atoms with Gasteiger partial charge in [0.1, 0.15) is 12.6 Å². The SMILES string of the molecule is CCOc1ccc(NC(=O)CN2C(=O)N[C@@H](CCc3ccccc3)C2=O)cc1OCC. The molecule has 0 spiro atoms. The molecule has 1 heterocycles. The summed E-state index contributed by atoms with van der Waals surface area (Å²) in [5.41, 5.74) is 1.57. The summed E-state index contributed by atoms with van der Waals surface area (Å²) in [5, 5.41) is 5.36. The first kappa shape index (κ1) is 22.1. The summed E-state index contributed by atoms with van der Waals surface area (Å²) in [6, 6.07) is 13.6. The first-order valence-electron chi connectivity index (χ1n) is 10.4. The van der Waals surface area contributed by atoms with Crippen molar-refractivity contribution in [1.82, 2.24) is 10.2 Å². The van der Waals surface area contributed by atoms with Gasteiger partial charge in [-0.2, -0.15) is 0 Å². The van der Waals surface area contributed by atoms with E-state index in [1.54, 1.807) is 18.2 Å². The van der Waals surface area contributed by atoms with E-state index in [2.05, 4.69) is 10.6 Å². The van der Waals surface area contributed by atoms with E-state index >= 15 is 0 Å². The minimum atomic E-state index is -0.629. The Balaban J connectivity index is 1.58. The quantitative estimate of drug-likeness (QED) is 0.571. The van der Waals surface area contributed by atoms with Crippen LogP contribution in [0.1, 0.15) is 25.8 Å². The highest BCUT2D eigenvalue weighted by Gasteiger charge is 2.38. The standard InChI is InChI=1S/C23H27N3O5/c1-3-30-19-13-11-17(14-20(19)31-4-2)24-21(27)15-26-22(28)18(25-23(26)29)12-10-16-8-6-5-7-9-16/h5-9,11,13-14,18H,3-4,10,12,15H2,1-2H3,(H,24,27)(H,25,29)/t18-/m0/s1. The molecule has 0 saturated carbocycles. The molecular formula is C23H27N3O5. The normalized spacial score (nSPS) is 15.5. The number of benzene rings is 2. The van der Waals surface area contributed by atoms with E-state index in [1.165, 1.54) is 0 Å².